The Bertz CT molecular complexity index is 490. The van der Waals surface area contributed by atoms with Crippen LogP contribution in [0.3, 0.4) is 0 Å². The van der Waals surface area contributed by atoms with Crippen molar-refractivity contribution in [2.75, 3.05) is 33.4 Å². The first-order valence-electron chi connectivity index (χ1n) is 6.79. The Hall–Kier alpha value is -1.66. The summed E-state index contributed by atoms with van der Waals surface area (Å²) in [5.41, 5.74) is 0.548. The van der Waals surface area contributed by atoms with Gasteiger partial charge >= 0.3 is 0 Å². The Morgan fingerprint density at radius 1 is 1.35 bits per heavy atom. The van der Waals surface area contributed by atoms with Gasteiger partial charge in [0.15, 0.2) is 5.79 Å². The van der Waals surface area contributed by atoms with Crippen molar-refractivity contribution in [1.82, 2.24) is 9.88 Å². The van der Waals surface area contributed by atoms with Crippen LogP contribution in [0.15, 0.2) is 18.5 Å². The van der Waals surface area contributed by atoms with Crippen molar-refractivity contribution in [3.63, 3.8) is 0 Å². The average Bonchev–Trinajstić information content (AvgIpc) is 2.95. The normalized spacial score (nSPS) is 21.1. The molecular formula is C14H18N2O4. The molecule has 2 aliphatic heterocycles. The number of pyridine rings is 1. The highest BCUT2D eigenvalue weighted by Gasteiger charge is 2.41. The van der Waals surface area contributed by atoms with Gasteiger partial charge in [0, 0.05) is 32.1 Å². The van der Waals surface area contributed by atoms with Gasteiger partial charge in [-0.1, -0.05) is 0 Å². The molecule has 0 aliphatic carbocycles. The monoisotopic (exact) mass is 278 g/mol. The summed E-state index contributed by atoms with van der Waals surface area (Å²) in [7, 11) is 1.54. The summed E-state index contributed by atoms with van der Waals surface area (Å²) in [6, 6.07) is 1.69. The largest absolute Gasteiger partial charge is 0.494 e. The van der Waals surface area contributed by atoms with Crippen LogP contribution < -0.4 is 4.74 Å². The quantitative estimate of drug-likeness (QED) is 0.810. The van der Waals surface area contributed by atoms with Gasteiger partial charge in [0.1, 0.15) is 5.75 Å². The minimum atomic E-state index is -0.459. The molecule has 0 atom stereocenters. The molecule has 2 fully saturated rings. The maximum absolute atomic E-state index is 12.5. The third-order valence-electron chi connectivity index (χ3n) is 3.86. The zero-order valence-corrected chi connectivity index (χ0v) is 11.5. The first kappa shape index (κ1) is 13.3. The minimum absolute atomic E-state index is 0.0305. The number of hydrogen-bond donors (Lipinski definition) is 0. The van der Waals surface area contributed by atoms with E-state index in [0.717, 1.165) is 0 Å². The summed E-state index contributed by atoms with van der Waals surface area (Å²) >= 11 is 0. The van der Waals surface area contributed by atoms with Gasteiger partial charge in [-0.3, -0.25) is 9.78 Å². The maximum atomic E-state index is 12.5. The Morgan fingerprint density at radius 3 is 2.70 bits per heavy atom. The number of piperidine rings is 1. The lowest BCUT2D eigenvalue weighted by molar-refractivity contribution is -0.181. The van der Waals surface area contributed by atoms with Crippen molar-refractivity contribution in [2.24, 2.45) is 0 Å². The molecule has 0 bridgehead atoms. The van der Waals surface area contributed by atoms with E-state index in [0.29, 0.717) is 50.5 Å². The van der Waals surface area contributed by atoms with Crippen molar-refractivity contribution in [3.8, 4) is 5.75 Å². The number of aromatic nitrogens is 1. The van der Waals surface area contributed by atoms with E-state index in [9.17, 15) is 4.79 Å². The number of carbonyl (C=O) groups is 1. The van der Waals surface area contributed by atoms with Crippen LogP contribution in [0.4, 0.5) is 0 Å². The van der Waals surface area contributed by atoms with Crippen LogP contribution in [0.2, 0.25) is 0 Å². The predicted molar refractivity (Wildman–Crippen MR) is 70.6 cm³/mol. The lowest BCUT2D eigenvalue weighted by atomic mass is 10.0. The van der Waals surface area contributed by atoms with Crippen LogP contribution >= 0.6 is 0 Å². The first-order valence-corrected chi connectivity index (χ1v) is 6.79. The molecule has 6 nitrogen and oxygen atoms in total. The lowest BCUT2D eigenvalue weighted by Crippen LogP contribution is -2.47. The maximum Gasteiger partial charge on any atom is 0.257 e. The Kier molecular flexibility index (Phi) is 3.58. The first-order chi connectivity index (χ1) is 9.74. The van der Waals surface area contributed by atoms with E-state index < -0.39 is 5.79 Å². The molecule has 0 radical (unpaired) electrons. The second-order valence-electron chi connectivity index (χ2n) is 4.98. The van der Waals surface area contributed by atoms with Crippen molar-refractivity contribution in [3.05, 3.63) is 24.0 Å². The fourth-order valence-corrected chi connectivity index (χ4v) is 2.73. The number of nitrogens with zero attached hydrogens (tertiary/aromatic N) is 2. The molecule has 1 aromatic rings. The fourth-order valence-electron chi connectivity index (χ4n) is 2.73. The molecule has 0 unspecified atom stereocenters. The SMILES string of the molecule is COc1cnccc1C(=O)N1CCC2(CC1)OCCO2. The Morgan fingerprint density at radius 2 is 2.05 bits per heavy atom. The van der Waals surface area contributed by atoms with Gasteiger partial charge in [-0.05, 0) is 6.07 Å². The molecule has 2 aliphatic rings. The summed E-state index contributed by atoms with van der Waals surface area (Å²) < 4.78 is 16.5. The molecule has 1 spiro atoms. The van der Waals surface area contributed by atoms with Crippen LogP contribution in [0.25, 0.3) is 0 Å². The van der Waals surface area contributed by atoms with Crippen molar-refractivity contribution in [2.45, 2.75) is 18.6 Å². The van der Waals surface area contributed by atoms with E-state index in [2.05, 4.69) is 4.98 Å². The second-order valence-corrected chi connectivity index (χ2v) is 4.98. The standard InChI is InChI=1S/C14H18N2O4/c1-18-12-10-15-5-2-11(12)13(17)16-6-3-14(4-7-16)19-8-9-20-14/h2,5,10H,3-4,6-9H2,1H3. The number of carbonyl (C=O) groups excluding carboxylic acids is 1. The smallest absolute Gasteiger partial charge is 0.257 e. The molecule has 20 heavy (non-hydrogen) atoms. The fraction of sp³-hybridized carbons (Fsp3) is 0.571. The topological polar surface area (TPSA) is 60.9 Å². The van der Waals surface area contributed by atoms with Gasteiger partial charge in [0.2, 0.25) is 0 Å². The number of likely N-dealkylation sites (tertiary alicyclic amines) is 1. The highest BCUT2D eigenvalue weighted by atomic mass is 16.7. The summed E-state index contributed by atoms with van der Waals surface area (Å²) in [5, 5.41) is 0. The third kappa shape index (κ3) is 2.36. The molecule has 1 aromatic heterocycles. The van der Waals surface area contributed by atoms with Gasteiger partial charge < -0.3 is 19.1 Å². The van der Waals surface area contributed by atoms with Gasteiger partial charge in [-0.15, -0.1) is 0 Å². The Labute approximate surface area is 117 Å². The van der Waals surface area contributed by atoms with Gasteiger partial charge in [-0.2, -0.15) is 0 Å². The highest BCUT2D eigenvalue weighted by Crippen LogP contribution is 2.32. The number of ether oxygens (including phenoxy) is 3. The molecule has 2 saturated heterocycles. The molecule has 0 saturated carbocycles. The van der Waals surface area contributed by atoms with E-state index in [1.54, 1.807) is 25.6 Å². The summed E-state index contributed by atoms with van der Waals surface area (Å²) in [6.07, 6.45) is 4.59. The predicted octanol–water partition coefficient (Wildman–Crippen LogP) is 1.07. The van der Waals surface area contributed by atoms with Crippen molar-refractivity contribution < 1.29 is 19.0 Å². The van der Waals surface area contributed by atoms with Crippen LogP contribution in [-0.4, -0.2) is 55.0 Å². The second kappa shape index (κ2) is 5.38. The van der Waals surface area contributed by atoms with E-state index in [-0.39, 0.29) is 5.91 Å². The van der Waals surface area contributed by atoms with Crippen LogP contribution in [-0.2, 0) is 9.47 Å². The molecule has 108 valence electrons. The van der Waals surface area contributed by atoms with E-state index in [1.807, 2.05) is 4.90 Å². The molecule has 1 amide bonds. The van der Waals surface area contributed by atoms with Gasteiger partial charge in [0.25, 0.3) is 5.91 Å². The summed E-state index contributed by atoms with van der Waals surface area (Å²) in [4.78, 5) is 18.3. The zero-order chi connectivity index (χ0) is 14.0. The highest BCUT2D eigenvalue weighted by molar-refractivity contribution is 5.96. The molecule has 0 aromatic carbocycles. The molecule has 3 heterocycles. The van der Waals surface area contributed by atoms with Crippen LogP contribution in [0, 0.1) is 0 Å². The molecular weight excluding hydrogens is 260 g/mol. The number of amides is 1. The minimum Gasteiger partial charge on any atom is -0.494 e. The van der Waals surface area contributed by atoms with Crippen LogP contribution in [0.1, 0.15) is 23.2 Å². The Balaban J connectivity index is 1.70. The third-order valence-corrected chi connectivity index (χ3v) is 3.86. The lowest BCUT2D eigenvalue weighted by Gasteiger charge is -2.37. The zero-order valence-electron chi connectivity index (χ0n) is 11.5. The number of hydrogen-bond acceptors (Lipinski definition) is 5. The summed E-state index contributed by atoms with van der Waals surface area (Å²) in [6.45, 7) is 2.55. The molecule has 3 rings (SSSR count). The van der Waals surface area contributed by atoms with Gasteiger partial charge in [-0.25, -0.2) is 0 Å². The van der Waals surface area contributed by atoms with E-state index >= 15 is 0 Å². The van der Waals surface area contributed by atoms with Crippen LogP contribution in [0.5, 0.6) is 5.75 Å². The van der Waals surface area contributed by atoms with Crippen molar-refractivity contribution >= 4 is 5.91 Å². The van der Waals surface area contributed by atoms with E-state index in [1.165, 1.54) is 0 Å². The van der Waals surface area contributed by atoms with Crippen molar-refractivity contribution in [1.29, 1.82) is 0 Å². The average molecular weight is 278 g/mol. The summed E-state index contributed by atoms with van der Waals surface area (Å²) in [5.74, 6) is 0.0160. The van der Waals surface area contributed by atoms with E-state index in [4.69, 9.17) is 14.2 Å². The number of rotatable bonds is 2. The van der Waals surface area contributed by atoms with Gasteiger partial charge in [0.05, 0.1) is 32.1 Å². The number of methoxy groups -OCH3 is 1. The molecule has 6 heteroatoms. The molecule has 0 N–H and O–H groups in total.